The molecule has 25 heavy (non-hydrogen) atoms. The van der Waals surface area contributed by atoms with E-state index in [1.54, 1.807) is 6.07 Å². The van der Waals surface area contributed by atoms with Gasteiger partial charge in [-0.15, -0.1) is 0 Å². The summed E-state index contributed by atoms with van der Waals surface area (Å²) < 4.78 is 21.1. The Morgan fingerprint density at radius 3 is 2.72 bits per heavy atom. The van der Waals surface area contributed by atoms with Gasteiger partial charge in [0.1, 0.15) is 5.65 Å². The highest BCUT2D eigenvalue weighted by atomic mass is 19.1. The Kier molecular flexibility index (Phi) is 4.17. The van der Waals surface area contributed by atoms with Crippen LogP contribution < -0.4 is 10.1 Å². The van der Waals surface area contributed by atoms with Gasteiger partial charge in [0.2, 0.25) is 0 Å². The molecule has 1 N–H and O–H groups in total. The van der Waals surface area contributed by atoms with Gasteiger partial charge >= 0.3 is 0 Å². The fourth-order valence-electron chi connectivity index (χ4n) is 3.64. The molecule has 0 saturated carbocycles. The van der Waals surface area contributed by atoms with E-state index in [2.05, 4.69) is 28.9 Å². The van der Waals surface area contributed by atoms with E-state index in [1.165, 1.54) is 18.7 Å². The standard InChI is InChI=1S/C20H22FN3O/c1-13-9-16(14-5-7-22-8-6-14)11-24-12-18(23-20(13)24)15-3-4-19(25-2)17(21)10-15/h3-4,9-12,14,22H,5-8H2,1-2H3. The zero-order chi connectivity index (χ0) is 17.4. The maximum Gasteiger partial charge on any atom is 0.165 e. The third-order valence-electron chi connectivity index (χ3n) is 5.01. The molecule has 1 fully saturated rings. The van der Waals surface area contributed by atoms with Crippen molar-refractivity contribution in [2.45, 2.75) is 25.7 Å². The molecule has 1 aliphatic heterocycles. The summed E-state index contributed by atoms with van der Waals surface area (Å²) in [6.07, 6.45) is 6.48. The predicted octanol–water partition coefficient (Wildman–Crippen LogP) is 3.92. The van der Waals surface area contributed by atoms with Gasteiger partial charge in [-0.25, -0.2) is 9.37 Å². The topological polar surface area (TPSA) is 38.6 Å². The molecule has 4 nitrogen and oxygen atoms in total. The van der Waals surface area contributed by atoms with E-state index in [-0.39, 0.29) is 11.6 Å². The number of hydrogen-bond donors (Lipinski definition) is 1. The second-order valence-electron chi connectivity index (χ2n) is 6.69. The van der Waals surface area contributed by atoms with Crippen LogP contribution in [-0.2, 0) is 0 Å². The lowest BCUT2D eigenvalue weighted by atomic mass is 9.91. The molecular weight excluding hydrogens is 317 g/mol. The molecule has 1 saturated heterocycles. The van der Waals surface area contributed by atoms with Crippen LogP contribution in [0.15, 0.2) is 36.7 Å². The molecule has 0 spiro atoms. The number of piperidine rings is 1. The number of rotatable bonds is 3. The van der Waals surface area contributed by atoms with Gasteiger partial charge in [0.15, 0.2) is 11.6 Å². The smallest absolute Gasteiger partial charge is 0.165 e. The molecule has 0 atom stereocenters. The molecule has 3 heterocycles. The first-order valence-electron chi connectivity index (χ1n) is 8.69. The second-order valence-corrected chi connectivity index (χ2v) is 6.69. The van der Waals surface area contributed by atoms with Crippen molar-refractivity contribution in [3.8, 4) is 17.0 Å². The zero-order valence-electron chi connectivity index (χ0n) is 14.6. The first-order valence-corrected chi connectivity index (χ1v) is 8.69. The number of aromatic nitrogens is 2. The number of imidazole rings is 1. The van der Waals surface area contributed by atoms with Crippen molar-refractivity contribution < 1.29 is 9.13 Å². The number of nitrogens with zero attached hydrogens (tertiary/aromatic N) is 2. The first-order chi connectivity index (χ1) is 12.2. The van der Waals surface area contributed by atoms with E-state index in [0.29, 0.717) is 5.92 Å². The van der Waals surface area contributed by atoms with Gasteiger partial charge in [0.05, 0.1) is 12.8 Å². The Bertz CT molecular complexity index is 913. The number of benzene rings is 1. The Labute approximate surface area is 146 Å². The monoisotopic (exact) mass is 339 g/mol. The normalized spacial score (nSPS) is 15.6. The minimum Gasteiger partial charge on any atom is -0.494 e. The van der Waals surface area contributed by atoms with Crippen molar-refractivity contribution in [2.24, 2.45) is 0 Å². The first kappa shape index (κ1) is 16.1. The number of methoxy groups -OCH3 is 1. The molecule has 0 bridgehead atoms. The summed E-state index contributed by atoms with van der Waals surface area (Å²) in [5, 5.41) is 3.41. The van der Waals surface area contributed by atoms with Crippen LogP contribution in [0.1, 0.15) is 29.9 Å². The fourth-order valence-corrected chi connectivity index (χ4v) is 3.64. The Hall–Kier alpha value is -2.40. The van der Waals surface area contributed by atoms with Crippen LogP contribution in [0.25, 0.3) is 16.9 Å². The summed E-state index contributed by atoms with van der Waals surface area (Å²) in [7, 11) is 1.47. The highest BCUT2D eigenvalue weighted by Crippen LogP contribution is 2.29. The molecular formula is C20H22FN3O. The summed E-state index contributed by atoms with van der Waals surface area (Å²) in [6, 6.07) is 7.20. The lowest BCUT2D eigenvalue weighted by Crippen LogP contribution is -2.26. The lowest BCUT2D eigenvalue weighted by Gasteiger charge is -2.23. The summed E-state index contributed by atoms with van der Waals surface area (Å²) in [6.45, 7) is 4.23. The average Bonchev–Trinajstić information content (AvgIpc) is 3.07. The van der Waals surface area contributed by atoms with Gasteiger partial charge in [-0.1, -0.05) is 6.07 Å². The van der Waals surface area contributed by atoms with Crippen molar-refractivity contribution in [2.75, 3.05) is 20.2 Å². The van der Waals surface area contributed by atoms with Gasteiger partial charge in [-0.05, 0) is 68.1 Å². The SMILES string of the molecule is COc1ccc(-c2cn3cc(C4CCNCC4)cc(C)c3n2)cc1F. The minimum absolute atomic E-state index is 0.247. The molecule has 1 aliphatic rings. The van der Waals surface area contributed by atoms with Gasteiger partial charge < -0.3 is 14.5 Å². The predicted molar refractivity (Wildman–Crippen MR) is 96.7 cm³/mol. The van der Waals surface area contributed by atoms with Gasteiger partial charge in [0.25, 0.3) is 0 Å². The molecule has 3 aromatic rings. The van der Waals surface area contributed by atoms with Crippen LogP contribution in [-0.4, -0.2) is 29.6 Å². The Morgan fingerprint density at radius 2 is 2.00 bits per heavy atom. The van der Waals surface area contributed by atoms with Gasteiger partial charge in [0, 0.05) is 18.0 Å². The summed E-state index contributed by atoms with van der Waals surface area (Å²) in [4.78, 5) is 4.71. The summed E-state index contributed by atoms with van der Waals surface area (Å²) >= 11 is 0. The van der Waals surface area contributed by atoms with E-state index >= 15 is 0 Å². The number of hydrogen-bond acceptors (Lipinski definition) is 3. The third-order valence-corrected chi connectivity index (χ3v) is 5.01. The maximum atomic E-state index is 14.0. The molecule has 1 aromatic carbocycles. The fraction of sp³-hybridized carbons (Fsp3) is 0.350. The number of ether oxygens (including phenoxy) is 1. The van der Waals surface area contributed by atoms with Crippen LogP contribution in [0, 0.1) is 12.7 Å². The second kappa shape index (κ2) is 6.48. The molecule has 0 radical (unpaired) electrons. The maximum absolute atomic E-state index is 14.0. The molecule has 0 amide bonds. The zero-order valence-corrected chi connectivity index (χ0v) is 14.6. The van der Waals surface area contributed by atoms with E-state index in [9.17, 15) is 4.39 Å². The van der Waals surface area contributed by atoms with Crippen LogP contribution in [0.3, 0.4) is 0 Å². The van der Waals surface area contributed by atoms with Crippen molar-refractivity contribution in [3.05, 3.63) is 53.6 Å². The van der Waals surface area contributed by atoms with Crippen LogP contribution in [0.4, 0.5) is 4.39 Å². The van der Waals surface area contributed by atoms with E-state index in [4.69, 9.17) is 9.72 Å². The van der Waals surface area contributed by atoms with Crippen LogP contribution in [0.5, 0.6) is 5.75 Å². The highest BCUT2D eigenvalue weighted by molar-refractivity contribution is 5.65. The van der Waals surface area contributed by atoms with Crippen LogP contribution in [0.2, 0.25) is 0 Å². The molecule has 4 rings (SSSR count). The Morgan fingerprint density at radius 1 is 1.20 bits per heavy atom. The number of nitrogens with one attached hydrogen (secondary N) is 1. The van der Waals surface area contributed by atoms with E-state index < -0.39 is 0 Å². The van der Waals surface area contributed by atoms with Crippen molar-refractivity contribution >= 4 is 5.65 Å². The largest absolute Gasteiger partial charge is 0.494 e. The minimum atomic E-state index is -0.371. The number of pyridine rings is 1. The highest BCUT2D eigenvalue weighted by Gasteiger charge is 2.17. The molecule has 5 heteroatoms. The van der Waals surface area contributed by atoms with Crippen molar-refractivity contribution in [1.82, 2.24) is 14.7 Å². The molecule has 130 valence electrons. The number of fused-ring (bicyclic) bond motifs is 1. The van der Waals surface area contributed by atoms with Crippen molar-refractivity contribution in [1.29, 1.82) is 0 Å². The van der Waals surface area contributed by atoms with E-state index in [1.807, 2.05) is 12.3 Å². The lowest BCUT2D eigenvalue weighted by molar-refractivity contribution is 0.386. The summed E-state index contributed by atoms with van der Waals surface area (Å²) in [5.41, 5.74) is 4.95. The summed E-state index contributed by atoms with van der Waals surface area (Å²) in [5.74, 6) is 0.467. The molecule has 2 aromatic heterocycles. The van der Waals surface area contributed by atoms with Crippen LogP contribution >= 0.6 is 0 Å². The number of halogens is 1. The van der Waals surface area contributed by atoms with Gasteiger partial charge in [-0.2, -0.15) is 0 Å². The molecule has 0 unspecified atom stereocenters. The quantitative estimate of drug-likeness (QED) is 0.786. The molecule has 0 aliphatic carbocycles. The number of aryl methyl sites for hydroxylation is 1. The Balaban J connectivity index is 1.74. The third kappa shape index (κ3) is 3.00. The van der Waals surface area contributed by atoms with Gasteiger partial charge in [-0.3, -0.25) is 0 Å². The van der Waals surface area contributed by atoms with E-state index in [0.717, 1.165) is 48.4 Å². The van der Waals surface area contributed by atoms with Crippen molar-refractivity contribution in [3.63, 3.8) is 0 Å². The average molecular weight is 339 g/mol.